The third-order valence-corrected chi connectivity index (χ3v) is 3.23. The highest BCUT2D eigenvalue weighted by Gasteiger charge is 2.08. The summed E-state index contributed by atoms with van der Waals surface area (Å²) in [6.07, 6.45) is 0. The van der Waals surface area contributed by atoms with Crippen molar-refractivity contribution >= 4 is 29.5 Å². The van der Waals surface area contributed by atoms with E-state index < -0.39 is 0 Å². The summed E-state index contributed by atoms with van der Waals surface area (Å²) in [5.74, 6) is 0. The quantitative estimate of drug-likeness (QED) is 0.740. The molecule has 2 rings (SSSR count). The largest absolute Gasteiger partial charge is 0.339 e. The van der Waals surface area contributed by atoms with Gasteiger partial charge in [-0.05, 0) is 32.4 Å². The maximum Gasteiger partial charge on any atom is 0.0420 e. The molecule has 0 fully saturated rings. The first kappa shape index (κ1) is 11.7. The van der Waals surface area contributed by atoms with Gasteiger partial charge in [0.15, 0.2) is 0 Å². The van der Waals surface area contributed by atoms with Crippen LogP contribution in [0.1, 0.15) is 32.4 Å². The molecule has 0 amide bonds. The minimum absolute atomic E-state index is 0.385. The third-order valence-electron chi connectivity index (χ3n) is 3.23. The summed E-state index contributed by atoms with van der Waals surface area (Å²) in [5.41, 5.74) is 2.25. The Bertz CT molecular complexity index is 686. The van der Waals surface area contributed by atoms with Crippen LogP contribution in [0.5, 0.6) is 0 Å². The summed E-state index contributed by atoms with van der Waals surface area (Å²) in [4.78, 5) is 0. The fourth-order valence-electron chi connectivity index (χ4n) is 2.35. The van der Waals surface area contributed by atoms with Crippen molar-refractivity contribution in [3.8, 4) is 0 Å². The van der Waals surface area contributed by atoms with E-state index in [0.717, 1.165) is 16.3 Å². The van der Waals surface area contributed by atoms with Crippen LogP contribution in [0.2, 0.25) is 0 Å². The molecule has 1 nitrogen and oxygen atoms in total. The Morgan fingerprint density at radius 1 is 1.12 bits per heavy atom. The molecule has 1 aromatic heterocycles. The molecule has 1 heterocycles. The average Bonchev–Trinajstić information content (AvgIpc) is 2.51. The number of hydrogen-bond acceptors (Lipinski definition) is 0. The number of nitrogens with zero attached hydrogens (tertiary/aromatic N) is 1. The molecule has 88 valence electrons. The molecule has 0 spiro atoms. The Labute approximate surface area is 102 Å². The molecule has 0 saturated carbocycles. The van der Waals surface area contributed by atoms with Gasteiger partial charge in [0, 0.05) is 27.5 Å². The molecule has 0 aliphatic heterocycles. The fraction of sp³-hybridized carbons (Fsp3) is 0.250. The van der Waals surface area contributed by atoms with Crippen LogP contribution in [-0.4, -0.2) is 4.57 Å². The average molecular weight is 225 g/mol. The first-order chi connectivity index (χ1) is 7.93. The summed E-state index contributed by atoms with van der Waals surface area (Å²) in [6, 6.07) is 6.77. The van der Waals surface area contributed by atoms with Crippen LogP contribution in [-0.2, 0) is 0 Å². The normalized spacial score (nSPS) is 11.3. The van der Waals surface area contributed by atoms with Crippen molar-refractivity contribution in [3.63, 3.8) is 0 Å². The van der Waals surface area contributed by atoms with Crippen molar-refractivity contribution in [1.82, 2.24) is 4.57 Å². The molecule has 17 heavy (non-hydrogen) atoms. The molecule has 0 radical (unpaired) electrons. The maximum absolute atomic E-state index is 4.18. The molecule has 1 heteroatoms. The van der Waals surface area contributed by atoms with Crippen molar-refractivity contribution in [2.24, 2.45) is 0 Å². The van der Waals surface area contributed by atoms with Gasteiger partial charge in [0.25, 0.3) is 0 Å². The highest BCUT2D eigenvalue weighted by molar-refractivity contribution is 5.86. The van der Waals surface area contributed by atoms with E-state index >= 15 is 0 Å². The van der Waals surface area contributed by atoms with E-state index in [2.05, 4.69) is 56.4 Å². The number of aromatic nitrogens is 1. The van der Waals surface area contributed by atoms with E-state index in [4.69, 9.17) is 0 Å². The van der Waals surface area contributed by atoms with Gasteiger partial charge in [-0.25, -0.2) is 0 Å². The lowest BCUT2D eigenvalue weighted by Gasteiger charge is -2.07. The van der Waals surface area contributed by atoms with Crippen LogP contribution in [0, 0.1) is 0 Å². The first-order valence-electron chi connectivity index (χ1n) is 5.91. The molecule has 2 aromatic rings. The molecule has 0 aliphatic rings. The number of benzene rings is 1. The number of hydrogen-bond donors (Lipinski definition) is 0. The van der Waals surface area contributed by atoms with E-state index in [0.29, 0.717) is 6.04 Å². The van der Waals surface area contributed by atoms with Gasteiger partial charge in [0.2, 0.25) is 0 Å². The van der Waals surface area contributed by atoms with Crippen LogP contribution in [0.3, 0.4) is 0 Å². The van der Waals surface area contributed by atoms with Crippen molar-refractivity contribution in [1.29, 1.82) is 0 Å². The Balaban J connectivity index is 2.89. The summed E-state index contributed by atoms with van der Waals surface area (Å²) >= 11 is 0. The second kappa shape index (κ2) is 3.92. The van der Waals surface area contributed by atoms with Crippen molar-refractivity contribution in [3.05, 3.63) is 41.0 Å². The maximum atomic E-state index is 4.18. The summed E-state index contributed by atoms with van der Waals surface area (Å²) in [7, 11) is 0. The lowest BCUT2D eigenvalue weighted by Crippen LogP contribution is -2.26. The second-order valence-electron chi connectivity index (χ2n) is 4.90. The van der Waals surface area contributed by atoms with E-state index in [-0.39, 0.29) is 0 Å². The third kappa shape index (κ3) is 1.72. The Morgan fingerprint density at radius 2 is 1.71 bits per heavy atom. The van der Waals surface area contributed by atoms with Gasteiger partial charge in [-0.2, -0.15) is 0 Å². The fourth-order valence-corrected chi connectivity index (χ4v) is 2.35. The molecular weight excluding hydrogens is 206 g/mol. The number of rotatable bonds is 2. The lowest BCUT2D eigenvalue weighted by atomic mass is 10.1. The van der Waals surface area contributed by atoms with Crippen LogP contribution < -0.4 is 10.7 Å². The van der Waals surface area contributed by atoms with E-state index in [9.17, 15) is 0 Å². The molecule has 0 unspecified atom stereocenters. The summed E-state index contributed by atoms with van der Waals surface area (Å²) < 4.78 is 2.19. The van der Waals surface area contributed by atoms with Crippen LogP contribution in [0.4, 0.5) is 0 Å². The molecular formula is C16H19N. The molecule has 1 aromatic carbocycles. The molecule has 0 saturated heterocycles. The van der Waals surface area contributed by atoms with Crippen LogP contribution in [0.25, 0.3) is 29.5 Å². The zero-order valence-corrected chi connectivity index (χ0v) is 10.9. The topological polar surface area (TPSA) is 4.93 Å². The SMILES string of the molecule is C=C(C)c1ccc2c(=C)n(C(C)C)c(=C)c2c1. The Kier molecular flexibility index (Phi) is 2.70. The van der Waals surface area contributed by atoms with E-state index in [1.807, 2.05) is 6.92 Å². The highest BCUT2D eigenvalue weighted by atomic mass is 15.0. The van der Waals surface area contributed by atoms with Gasteiger partial charge in [-0.15, -0.1) is 0 Å². The lowest BCUT2D eigenvalue weighted by molar-refractivity contribution is 0.579. The highest BCUT2D eigenvalue weighted by Crippen LogP contribution is 2.16. The van der Waals surface area contributed by atoms with Crippen molar-refractivity contribution in [2.45, 2.75) is 26.8 Å². The van der Waals surface area contributed by atoms with Gasteiger partial charge in [0.05, 0.1) is 0 Å². The zero-order valence-electron chi connectivity index (χ0n) is 10.9. The molecule has 0 aliphatic carbocycles. The van der Waals surface area contributed by atoms with Crippen molar-refractivity contribution < 1.29 is 0 Å². The molecule has 0 atom stereocenters. The standard InChI is InChI=1S/C16H19N/c1-10(2)14-7-8-15-12(5)17(11(3)4)13(6)16(15)9-14/h7-9,11H,1,5-6H2,2-4H3. The predicted octanol–water partition coefficient (Wildman–Crippen LogP) is 3.08. The molecule has 0 bridgehead atoms. The van der Waals surface area contributed by atoms with E-state index in [1.54, 1.807) is 0 Å². The minimum atomic E-state index is 0.385. The Morgan fingerprint density at radius 3 is 2.24 bits per heavy atom. The smallest absolute Gasteiger partial charge is 0.0420 e. The monoisotopic (exact) mass is 225 g/mol. The van der Waals surface area contributed by atoms with E-state index in [1.165, 1.54) is 16.3 Å². The summed E-state index contributed by atoms with van der Waals surface area (Å²) in [5, 5.41) is 4.47. The van der Waals surface area contributed by atoms with Gasteiger partial charge >= 0.3 is 0 Å². The number of fused-ring (bicyclic) bond motifs is 1. The second-order valence-corrected chi connectivity index (χ2v) is 4.90. The zero-order chi connectivity index (χ0) is 12.7. The minimum Gasteiger partial charge on any atom is -0.339 e. The first-order valence-corrected chi connectivity index (χ1v) is 5.91. The van der Waals surface area contributed by atoms with Gasteiger partial charge < -0.3 is 4.57 Å². The Hall–Kier alpha value is -1.76. The molecule has 0 N–H and O–H groups in total. The van der Waals surface area contributed by atoms with Gasteiger partial charge in [0.1, 0.15) is 0 Å². The van der Waals surface area contributed by atoms with Gasteiger partial charge in [-0.3, -0.25) is 0 Å². The predicted molar refractivity (Wildman–Crippen MR) is 77.3 cm³/mol. The van der Waals surface area contributed by atoms with Crippen LogP contribution >= 0.6 is 0 Å². The van der Waals surface area contributed by atoms with Gasteiger partial charge in [-0.1, -0.05) is 37.4 Å². The summed E-state index contributed by atoms with van der Waals surface area (Å²) in [6.45, 7) is 18.7. The number of allylic oxidation sites excluding steroid dienone is 1. The van der Waals surface area contributed by atoms with Crippen LogP contribution in [0.15, 0.2) is 24.8 Å². The van der Waals surface area contributed by atoms with Crippen molar-refractivity contribution in [2.75, 3.05) is 0 Å².